The number of aromatic nitrogens is 2. The summed E-state index contributed by atoms with van der Waals surface area (Å²) in [6.07, 6.45) is 0.638. The molecule has 126 valence electrons. The van der Waals surface area contributed by atoms with Crippen molar-refractivity contribution in [3.8, 4) is 16.8 Å². The third kappa shape index (κ3) is 3.41. The van der Waals surface area contributed by atoms with Gasteiger partial charge in [0.1, 0.15) is 5.82 Å². The van der Waals surface area contributed by atoms with Gasteiger partial charge in [-0.2, -0.15) is 5.26 Å². The van der Waals surface area contributed by atoms with Crippen LogP contribution >= 0.6 is 11.3 Å². The van der Waals surface area contributed by atoms with Gasteiger partial charge < -0.3 is 9.73 Å². The lowest BCUT2D eigenvalue weighted by Gasteiger charge is -2.05. The minimum absolute atomic E-state index is 0.128. The number of thiophene rings is 1. The molecule has 0 saturated carbocycles. The Kier molecular flexibility index (Phi) is 4.59. The number of nitrogens with one attached hydrogen (secondary N) is 1. The highest BCUT2D eigenvalue weighted by atomic mass is 32.1. The summed E-state index contributed by atoms with van der Waals surface area (Å²) in [5.41, 5.74) is 0.577. The van der Waals surface area contributed by atoms with E-state index in [4.69, 9.17) is 9.68 Å². The molecule has 25 heavy (non-hydrogen) atoms. The minimum atomic E-state index is -0.742. The molecule has 0 fully saturated rings. The van der Waals surface area contributed by atoms with Gasteiger partial charge in [0.2, 0.25) is 5.89 Å². The topological polar surface area (TPSA) is 91.8 Å². The number of amides is 1. The normalized spacial score (nSPS) is 10.5. The summed E-state index contributed by atoms with van der Waals surface area (Å²) < 4.78 is 19.5. The minimum Gasteiger partial charge on any atom is -0.420 e. The molecule has 0 unspecified atom stereocenters. The Labute approximate surface area is 146 Å². The van der Waals surface area contributed by atoms with Crippen molar-refractivity contribution in [1.29, 1.82) is 5.26 Å². The second-order valence-electron chi connectivity index (χ2n) is 5.20. The van der Waals surface area contributed by atoms with E-state index in [1.54, 1.807) is 6.07 Å². The van der Waals surface area contributed by atoms with Crippen LogP contribution < -0.4 is 5.32 Å². The number of hydrogen-bond acceptors (Lipinski definition) is 6. The zero-order valence-electron chi connectivity index (χ0n) is 13.5. The number of benzene rings is 1. The van der Waals surface area contributed by atoms with Gasteiger partial charge in [0.25, 0.3) is 11.8 Å². The van der Waals surface area contributed by atoms with Crippen LogP contribution in [0.15, 0.2) is 28.7 Å². The summed E-state index contributed by atoms with van der Waals surface area (Å²) in [5, 5.41) is 19.3. The van der Waals surface area contributed by atoms with Crippen molar-refractivity contribution in [2.45, 2.75) is 20.3 Å². The highest BCUT2D eigenvalue weighted by molar-refractivity contribution is 7.15. The van der Waals surface area contributed by atoms with E-state index in [1.165, 1.54) is 23.5 Å². The molecule has 0 bridgehead atoms. The van der Waals surface area contributed by atoms with Crippen LogP contribution in [-0.4, -0.2) is 16.1 Å². The summed E-state index contributed by atoms with van der Waals surface area (Å²) in [5.74, 6) is -0.412. The Morgan fingerprint density at radius 2 is 2.20 bits per heavy atom. The molecule has 1 amide bonds. The Morgan fingerprint density at radius 1 is 1.40 bits per heavy atom. The molecule has 0 aliphatic heterocycles. The molecule has 0 aliphatic carbocycles. The monoisotopic (exact) mass is 356 g/mol. The highest BCUT2D eigenvalue weighted by Crippen LogP contribution is 2.33. The van der Waals surface area contributed by atoms with Crippen LogP contribution in [-0.2, 0) is 6.42 Å². The van der Waals surface area contributed by atoms with Gasteiger partial charge in [0.05, 0.1) is 27.8 Å². The molecule has 2 aromatic heterocycles. The Morgan fingerprint density at radius 3 is 2.84 bits per heavy atom. The maximum absolute atomic E-state index is 14.0. The van der Waals surface area contributed by atoms with Crippen LogP contribution in [0.5, 0.6) is 0 Å². The number of hydrogen-bond donors (Lipinski definition) is 1. The molecule has 1 aromatic carbocycles. The van der Waals surface area contributed by atoms with E-state index >= 15 is 0 Å². The maximum atomic E-state index is 14.0. The van der Waals surface area contributed by atoms with Gasteiger partial charge in [0, 0.05) is 11.3 Å². The van der Waals surface area contributed by atoms with Crippen molar-refractivity contribution in [1.82, 2.24) is 10.2 Å². The van der Waals surface area contributed by atoms with Crippen molar-refractivity contribution >= 4 is 22.9 Å². The van der Waals surface area contributed by atoms with E-state index < -0.39 is 11.7 Å². The zero-order chi connectivity index (χ0) is 18.0. The largest absolute Gasteiger partial charge is 0.420 e. The second kappa shape index (κ2) is 6.83. The number of carbonyl (C=O) groups excluding carboxylic acids is 1. The average Bonchev–Trinajstić information content (AvgIpc) is 3.21. The Balaban J connectivity index is 1.83. The first-order chi connectivity index (χ1) is 12.0. The lowest BCUT2D eigenvalue weighted by molar-refractivity contribution is 0.102. The summed E-state index contributed by atoms with van der Waals surface area (Å²) >= 11 is 1.39. The van der Waals surface area contributed by atoms with Gasteiger partial charge in [-0.25, -0.2) is 4.39 Å². The Bertz CT molecular complexity index is 987. The summed E-state index contributed by atoms with van der Waals surface area (Å²) in [4.78, 5) is 13.9. The van der Waals surface area contributed by atoms with Gasteiger partial charge in [-0.05, 0) is 31.2 Å². The predicted molar refractivity (Wildman–Crippen MR) is 90.8 cm³/mol. The number of anilines is 1. The van der Waals surface area contributed by atoms with Gasteiger partial charge in [-0.1, -0.05) is 6.92 Å². The summed E-state index contributed by atoms with van der Waals surface area (Å²) in [7, 11) is 0. The van der Waals surface area contributed by atoms with Crippen LogP contribution in [0.4, 0.5) is 10.1 Å². The van der Waals surface area contributed by atoms with E-state index in [-0.39, 0.29) is 11.1 Å². The van der Waals surface area contributed by atoms with Crippen LogP contribution in [0.25, 0.3) is 10.8 Å². The third-order valence-corrected chi connectivity index (χ3v) is 4.53. The first-order valence-electron chi connectivity index (χ1n) is 7.46. The standard InChI is InChI=1S/C17H13FN4O2S/c1-3-15-21-22-17(24-15)14-7-13(9(2)25-14)20-16(23)11-5-4-10(8-19)6-12(11)18/h4-7H,3H2,1-2H3,(H,20,23). The molecule has 3 rings (SSSR count). The van der Waals surface area contributed by atoms with E-state index in [9.17, 15) is 9.18 Å². The first kappa shape index (κ1) is 16.8. The average molecular weight is 356 g/mol. The molecule has 1 N–H and O–H groups in total. The molecule has 0 atom stereocenters. The number of nitriles is 1. The van der Waals surface area contributed by atoms with Gasteiger partial charge in [-0.15, -0.1) is 21.5 Å². The van der Waals surface area contributed by atoms with Crippen molar-refractivity contribution in [2.75, 3.05) is 5.32 Å². The van der Waals surface area contributed by atoms with E-state index in [2.05, 4.69) is 15.5 Å². The van der Waals surface area contributed by atoms with Crippen molar-refractivity contribution in [2.24, 2.45) is 0 Å². The number of rotatable bonds is 4. The third-order valence-electron chi connectivity index (χ3n) is 3.49. The number of nitrogens with zero attached hydrogens (tertiary/aromatic N) is 3. The van der Waals surface area contributed by atoms with E-state index in [0.717, 1.165) is 15.8 Å². The molecule has 3 aromatic rings. The van der Waals surface area contributed by atoms with E-state index in [0.29, 0.717) is 23.9 Å². The van der Waals surface area contributed by atoms with Gasteiger partial charge in [0.15, 0.2) is 0 Å². The number of halogens is 1. The molecule has 0 aliphatic rings. The number of carbonyl (C=O) groups is 1. The molecule has 0 radical (unpaired) electrons. The molecule has 8 heteroatoms. The first-order valence-corrected chi connectivity index (χ1v) is 8.27. The quantitative estimate of drug-likeness (QED) is 0.764. The van der Waals surface area contributed by atoms with Crippen molar-refractivity contribution in [3.05, 3.63) is 52.0 Å². The number of aryl methyl sites for hydroxylation is 2. The Hall–Kier alpha value is -3.05. The lowest BCUT2D eigenvalue weighted by atomic mass is 10.1. The fraction of sp³-hybridized carbons (Fsp3) is 0.176. The van der Waals surface area contributed by atoms with Crippen LogP contribution in [0, 0.1) is 24.1 Å². The van der Waals surface area contributed by atoms with Gasteiger partial charge >= 0.3 is 0 Å². The molecular weight excluding hydrogens is 343 g/mol. The summed E-state index contributed by atoms with van der Waals surface area (Å²) in [6, 6.07) is 7.26. The van der Waals surface area contributed by atoms with Crippen molar-refractivity contribution in [3.63, 3.8) is 0 Å². The molecule has 0 spiro atoms. The smallest absolute Gasteiger partial charge is 0.258 e. The molecule has 6 nitrogen and oxygen atoms in total. The van der Waals surface area contributed by atoms with Gasteiger partial charge in [-0.3, -0.25) is 4.79 Å². The lowest BCUT2D eigenvalue weighted by Crippen LogP contribution is -2.13. The van der Waals surface area contributed by atoms with Crippen LogP contribution in [0.2, 0.25) is 0 Å². The summed E-state index contributed by atoms with van der Waals surface area (Å²) in [6.45, 7) is 3.74. The van der Waals surface area contributed by atoms with Crippen LogP contribution in [0.1, 0.15) is 33.6 Å². The van der Waals surface area contributed by atoms with E-state index in [1.807, 2.05) is 19.9 Å². The SMILES string of the molecule is CCc1nnc(-c2cc(NC(=O)c3ccc(C#N)cc3F)c(C)s2)o1. The second-order valence-corrected chi connectivity index (χ2v) is 6.45. The zero-order valence-corrected chi connectivity index (χ0v) is 14.3. The van der Waals surface area contributed by atoms with Crippen molar-refractivity contribution < 1.29 is 13.6 Å². The highest BCUT2D eigenvalue weighted by Gasteiger charge is 2.17. The molecular formula is C17H13FN4O2S. The predicted octanol–water partition coefficient (Wildman–Crippen LogP) is 3.93. The fourth-order valence-electron chi connectivity index (χ4n) is 2.17. The van der Waals surface area contributed by atoms with Crippen LogP contribution in [0.3, 0.4) is 0 Å². The molecule has 0 saturated heterocycles. The molecule has 2 heterocycles. The fourth-order valence-corrected chi connectivity index (χ4v) is 3.06. The maximum Gasteiger partial charge on any atom is 0.258 e.